The van der Waals surface area contributed by atoms with Crippen LogP contribution in [0.4, 0.5) is 4.79 Å². The first-order valence-corrected chi connectivity index (χ1v) is 0.651. The molecule has 0 aromatic rings. The monoisotopic (exact) mass is 168 g/mol. The van der Waals surface area contributed by atoms with E-state index in [2.05, 4.69) is 0 Å². The Morgan fingerprint density at radius 1 is 1.33 bits per heavy atom. The maximum Gasteiger partial charge on any atom is 0.503 e. The van der Waals surface area contributed by atoms with Gasteiger partial charge in [0.1, 0.15) is 0 Å². The number of carboxylic acid groups (broad SMARTS) is 2. The molecule has 5 N–H and O–H groups in total. The van der Waals surface area contributed by atoms with Crippen molar-refractivity contribution in [3.8, 4) is 0 Å². The van der Waals surface area contributed by atoms with Gasteiger partial charge in [0, 0.05) is 32.7 Å². The molecule has 4 nitrogen and oxygen atoms in total. The van der Waals surface area contributed by atoms with Gasteiger partial charge in [-0.25, -0.2) is 4.79 Å². The Morgan fingerprint density at radius 3 is 1.33 bits per heavy atom. The fourth-order valence-electron chi connectivity index (χ4n) is 0. The van der Waals surface area contributed by atoms with Gasteiger partial charge in [-0.15, -0.1) is 0 Å². The first-order valence-electron chi connectivity index (χ1n) is 0.651. The molecule has 0 heterocycles. The third-order valence-corrected chi connectivity index (χ3v) is 0. The number of hydrogen-bond acceptors (Lipinski definition) is 2. The molecule has 0 aromatic carbocycles. The van der Waals surface area contributed by atoms with Crippen LogP contribution in [0.15, 0.2) is 0 Å². The molecule has 1 radical (unpaired) electrons. The molecule has 5 heteroatoms. The van der Waals surface area contributed by atoms with Crippen molar-refractivity contribution < 1.29 is 47.7 Å². The molecule has 0 unspecified atom stereocenters. The molecule has 0 saturated carbocycles. The van der Waals surface area contributed by atoms with Gasteiger partial charge in [0.25, 0.3) is 0 Å². The zero-order valence-corrected chi connectivity index (χ0v) is 5.93. The van der Waals surface area contributed by atoms with Gasteiger partial charge in [-0.1, -0.05) is 0 Å². The summed E-state index contributed by atoms with van der Waals surface area (Å²) >= 11 is 0. The Bertz CT molecular complexity index is 33.8. The van der Waals surface area contributed by atoms with E-state index in [9.17, 15) is 0 Å². The summed E-state index contributed by atoms with van der Waals surface area (Å²) in [7, 11) is 0. The normalized spacial score (nSPS) is 4.00. The summed E-state index contributed by atoms with van der Waals surface area (Å²) in [6.07, 6.45) is -1.83. The summed E-state index contributed by atoms with van der Waals surface area (Å²) in [5.41, 5.74) is 0. The minimum Gasteiger partial charge on any atom is -0.450 e. The standard InChI is InChI=1S/CH2O3.H3N.Y/c2-1(3)4;;/h(H2,2,3,4);1H3;. The first kappa shape index (κ1) is 16.2. The Hall–Kier alpha value is 0.334. The van der Waals surface area contributed by atoms with Crippen LogP contribution in [0.1, 0.15) is 0 Å². The van der Waals surface area contributed by atoms with Crippen LogP contribution in [-0.2, 0) is 32.7 Å². The van der Waals surface area contributed by atoms with Gasteiger partial charge in [-0.2, -0.15) is 0 Å². The summed E-state index contributed by atoms with van der Waals surface area (Å²) in [6, 6.07) is 0. The smallest absolute Gasteiger partial charge is 0.450 e. The molecular formula is CH5NO3Y. The van der Waals surface area contributed by atoms with Crippen LogP contribution >= 0.6 is 0 Å². The Morgan fingerprint density at radius 2 is 1.33 bits per heavy atom. The quantitative estimate of drug-likeness (QED) is 0.487. The van der Waals surface area contributed by atoms with E-state index in [0.717, 1.165) is 0 Å². The molecule has 0 spiro atoms. The molecule has 0 aromatic heterocycles. The van der Waals surface area contributed by atoms with Gasteiger partial charge in [0.15, 0.2) is 0 Å². The van der Waals surface area contributed by atoms with Gasteiger partial charge in [-0.3, -0.25) is 0 Å². The summed E-state index contributed by atoms with van der Waals surface area (Å²) in [4.78, 5) is 8.56. The van der Waals surface area contributed by atoms with Crippen molar-refractivity contribution in [2.24, 2.45) is 0 Å². The van der Waals surface area contributed by atoms with Crippen LogP contribution in [0, 0.1) is 0 Å². The van der Waals surface area contributed by atoms with Crippen LogP contribution in [0.25, 0.3) is 0 Å². The van der Waals surface area contributed by atoms with E-state index >= 15 is 0 Å². The van der Waals surface area contributed by atoms with Gasteiger partial charge in [-0.05, 0) is 0 Å². The van der Waals surface area contributed by atoms with E-state index in [-0.39, 0.29) is 38.9 Å². The Balaban J connectivity index is -0.0000000450. The molecule has 0 atom stereocenters. The maximum absolute atomic E-state index is 8.56. The second kappa shape index (κ2) is 9.01. The maximum atomic E-state index is 8.56. The topological polar surface area (TPSA) is 92.5 Å². The second-order valence-corrected chi connectivity index (χ2v) is 0.283. The summed E-state index contributed by atoms with van der Waals surface area (Å²) in [5, 5.41) is 13.9. The molecule has 0 fully saturated rings. The predicted molar refractivity (Wildman–Crippen MR) is 15.7 cm³/mol. The summed E-state index contributed by atoms with van der Waals surface area (Å²) in [5.74, 6) is 0. The van der Waals surface area contributed by atoms with E-state index < -0.39 is 6.16 Å². The minimum atomic E-state index is -1.83. The largest absolute Gasteiger partial charge is 0.503 e. The molecule has 0 aliphatic carbocycles. The van der Waals surface area contributed by atoms with Crippen molar-refractivity contribution in [2.75, 3.05) is 0 Å². The third-order valence-electron chi connectivity index (χ3n) is 0. The van der Waals surface area contributed by atoms with Crippen molar-refractivity contribution in [1.82, 2.24) is 6.15 Å². The van der Waals surface area contributed by atoms with E-state index in [1.807, 2.05) is 0 Å². The third kappa shape index (κ3) is 432. The molecular weight excluding hydrogens is 163 g/mol. The second-order valence-electron chi connectivity index (χ2n) is 0.283. The average molecular weight is 168 g/mol. The van der Waals surface area contributed by atoms with E-state index in [0.29, 0.717) is 0 Å². The minimum absolute atomic E-state index is 0. The van der Waals surface area contributed by atoms with Crippen LogP contribution in [0.3, 0.4) is 0 Å². The summed E-state index contributed by atoms with van der Waals surface area (Å²) in [6.45, 7) is 0. The zero-order valence-electron chi connectivity index (χ0n) is 3.09. The number of hydrogen-bond donors (Lipinski definition) is 3. The van der Waals surface area contributed by atoms with Crippen molar-refractivity contribution in [3.05, 3.63) is 0 Å². The fraction of sp³-hybridized carbons (Fsp3) is 0. The Kier molecular flexibility index (Phi) is 24.4. The van der Waals surface area contributed by atoms with E-state index in [4.69, 9.17) is 15.0 Å². The van der Waals surface area contributed by atoms with E-state index in [1.165, 1.54) is 0 Å². The van der Waals surface area contributed by atoms with Crippen molar-refractivity contribution in [2.45, 2.75) is 0 Å². The predicted octanol–water partition coefficient (Wildman–Crippen LogP) is 0.382. The molecule has 0 amide bonds. The molecule has 6 heavy (non-hydrogen) atoms. The van der Waals surface area contributed by atoms with Gasteiger partial charge >= 0.3 is 6.16 Å². The molecule has 0 saturated heterocycles. The SMILES string of the molecule is N.O=C(O)O.[Y]. The number of carbonyl (C=O) groups is 1. The zero-order chi connectivity index (χ0) is 3.58. The average Bonchev–Trinajstić information content (AvgIpc) is 0.811. The van der Waals surface area contributed by atoms with Crippen LogP contribution in [-0.4, -0.2) is 16.4 Å². The van der Waals surface area contributed by atoms with Crippen molar-refractivity contribution >= 4 is 6.16 Å². The van der Waals surface area contributed by atoms with Crippen LogP contribution < -0.4 is 6.15 Å². The first-order chi connectivity index (χ1) is 1.73. The summed E-state index contributed by atoms with van der Waals surface area (Å²) < 4.78 is 0. The molecule has 0 aliphatic rings. The molecule has 0 bridgehead atoms. The molecule has 0 rings (SSSR count). The van der Waals surface area contributed by atoms with Gasteiger partial charge < -0.3 is 16.4 Å². The fourth-order valence-corrected chi connectivity index (χ4v) is 0. The van der Waals surface area contributed by atoms with Crippen molar-refractivity contribution in [3.63, 3.8) is 0 Å². The van der Waals surface area contributed by atoms with Gasteiger partial charge in [0.2, 0.25) is 0 Å². The van der Waals surface area contributed by atoms with E-state index in [1.54, 1.807) is 0 Å². The van der Waals surface area contributed by atoms with Crippen molar-refractivity contribution in [1.29, 1.82) is 0 Å². The van der Waals surface area contributed by atoms with Crippen LogP contribution in [0.5, 0.6) is 0 Å². The number of rotatable bonds is 0. The van der Waals surface area contributed by atoms with Crippen LogP contribution in [0.2, 0.25) is 0 Å². The molecule has 35 valence electrons. The molecule has 0 aliphatic heterocycles. The van der Waals surface area contributed by atoms with Gasteiger partial charge in [0.05, 0.1) is 0 Å². The Labute approximate surface area is 60.0 Å².